The summed E-state index contributed by atoms with van der Waals surface area (Å²) in [6.45, 7) is 6.30. The van der Waals surface area contributed by atoms with Crippen LogP contribution in [-0.2, 0) is 9.53 Å². The van der Waals surface area contributed by atoms with Gasteiger partial charge in [0.2, 0.25) is 5.91 Å². The van der Waals surface area contributed by atoms with E-state index in [9.17, 15) is 14.0 Å². The third-order valence-electron chi connectivity index (χ3n) is 5.97. The second-order valence-electron chi connectivity index (χ2n) is 8.31. The fraction of sp³-hybridized carbons (Fsp3) is 0.360. The molecule has 1 saturated heterocycles. The predicted molar refractivity (Wildman–Crippen MR) is 129 cm³/mol. The number of methoxy groups -OCH3 is 1. The largest absolute Gasteiger partial charge is 0.497 e. The highest BCUT2D eigenvalue weighted by Gasteiger charge is 2.27. The van der Waals surface area contributed by atoms with Gasteiger partial charge in [-0.25, -0.2) is 9.18 Å². The minimum Gasteiger partial charge on any atom is -0.497 e. The van der Waals surface area contributed by atoms with E-state index in [1.54, 1.807) is 14.0 Å². The Balaban J connectivity index is 1.45. The lowest BCUT2D eigenvalue weighted by Gasteiger charge is -2.41. The van der Waals surface area contributed by atoms with Gasteiger partial charge in [-0.3, -0.25) is 9.69 Å². The molecule has 2 aromatic carbocycles. The van der Waals surface area contributed by atoms with E-state index in [0.29, 0.717) is 24.0 Å². The number of nitrogens with zero attached hydrogens (tertiary/aromatic N) is 2. The average Bonchev–Trinajstić information content (AvgIpc) is 3.16. The number of fused-ring (bicyclic) bond motifs is 1. The highest BCUT2D eigenvalue weighted by molar-refractivity contribution is 6.11. The number of anilines is 2. The molecule has 1 aliphatic heterocycles. The van der Waals surface area contributed by atoms with Crippen molar-refractivity contribution in [2.24, 2.45) is 0 Å². The molecule has 1 amide bonds. The number of rotatable bonds is 7. The van der Waals surface area contributed by atoms with E-state index in [4.69, 9.17) is 9.47 Å². The number of aromatic nitrogens is 1. The Labute approximate surface area is 197 Å². The number of H-pyrrole nitrogens is 1. The standard InChI is InChI=1S/C25H29FN4O4/c1-4-34-25(32)24-23(20-12-17(26)8-9-21(20)27-24)28-22(31)15-29-10-11-30(16(2)14-29)18-6-5-7-19(13-18)33-3/h5-9,12-13,16,27H,4,10-11,14-15H2,1-3H3,(H,28,31). The number of nitrogens with one attached hydrogen (secondary N) is 2. The van der Waals surface area contributed by atoms with E-state index in [-0.39, 0.29) is 36.5 Å². The second kappa shape index (κ2) is 10.1. The van der Waals surface area contributed by atoms with E-state index in [1.807, 2.05) is 18.2 Å². The molecule has 3 aromatic rings. The Kier molecular flexibility index (Phi) is 7.02. The molecule has 1 atom stereocenters. The molecule has 1 fully saturated rings. The number of hydrogen-bond acceptors (Lipinski definition) is 6. The van der Waals surface area contributed by atoms with Crippen LogP contribution in [0.5, 0.6) is 5.75 Å². The van der Waals surface area contributed by atoms with Gasteiger partial charge in [-0.05, 0) is 44.2 Å². The molecule has 180 valence electrons. The van der Waals surface area contributed by atoms with Crippen LogP contribution in [0.2, 0.25) is 0 Å². The number of esters is 1. The summed E-state index contributed by atoms with van der Waals surface area (Å²) in [4.78, 5) is 32.7. The SMILES string of the molecule is CCOC(=O)c1[nH]c2ccc(F)cc2c1NC(=O)CN1CCN(c2cccc(OC)c2)C(C)C1. The number of halogens is 1. The van der Waals surface area contributed by atoms with Crippen LogP contribution in [0.15, 0.2) is 42.5 Å². The van der Waals surface area contributed by atoms with Gasteiger partial charge in [-0.2, -0.15) is 0 Å². The van der Waals surface area contributed by atoms with E-state index in [2.05, 4.69) is 33.1 Å². The molecule has 9 heteroatoms. The topological polar surface area (TPSA) is 86.9 Å². The minimum atomic E-state index is -0.602. The molecular formula is C25H29FN4O4. The van der Waals surface area contributed by atoms with E-state index in [0.717, 1.165) is 18.0 Å². The van der Waals surface area contributed by atoms with Crippen molar-refractivity contribution in [2.75, 3.05) is 50.1 Å². The van der Waals surface area contributed by atoms with Crippen LogP contribution in [-0.4, -0.2) is 67.7 Å². The average molecular weight is 469 g/mol. The van der Waals surface area contributed by atoms with Crippen molar-refractivity contribution in [3.8, 4) is 5.75 Å². The molecule has 2 N–H and O–H groups in total. The Morgan fingerprint density at radius 3 is 2.76 bits per heavy atom. The quantitative estimate of drug-likeness (QED) is 0.515. The fourth-order valence-electron chi connectivity index (χ4n) is 4.38. The first-order valence-electron chi connectivity index (χ1n) is 11.3. The lowest BCUT2D eigenvalue weighted by Crippen LogP contribution is -2.53. The van der Waals surface area contributed by atoms with Crippen molar-refractivity contribution in [1.82, 2.24) is 9.88 Å². The molecule has 0 radical (unpaired) electrons. The van der Waals surface area contributed by atoms with Gasteiger partial charge in [-0.15, -0.1) is 0 Å². The van der Waals surface area contributed by atoms with Crippen molar-refractivity contribution in [3.63, 3.8) is 0 Å². The molecule has 0 aliphatic carbocycles. The van der Waals surface area contributed by atoms with Crippen LogP contribution in [0.25, 0.3) is 10.9 Å². The normalized spacial score (nSPS) is 16.5. The Hall–Kier alpha value is -3.59. The summed E-state index contributed by atoms with van der Waals surface area (Å²) in [5.74, 6) is -0.536. The summed E-state index contributed by atoms with van der Waals surface area (Å²) in [6, 6.07) is 12.2. The number of carbonyl (C=O) groups is 2. The van der Waals surface area contributed by atoms with Crippen LogP contribution in [0.4, 0.5) is 15.8 Å². The maximum atomic E-state index is 13.9. The summed E-state index contributed by atoms with van der Waals surface area (Å²) in [7, 11) is 1.65. The van der Waals surface area contributed by atoms with E-state index in [1.165, 1.54) is 18.2 Å². The zero-order chi connectivity index (χ0) is 24.2. The van der Waals surface area contributed by atoms with Gasteiger partial charge < -0.3 is 24.7 Å². The summed E-state index contributed by atoms with van der Waals surface area (Å²) in [5, 5.41) is 3.23. The second-order valence-corrected chi connectivity index (χ2v) is 8.31. The van der Waals surface area contributed by atoms with Gasteiger partial charge >= 0.3 is 5.97 Å². The third-order valence-corrected chi connectivity index (χ3v) is 5.97. The highest BCUT2D eigenvalue weighted by atomic mass is 19.1. The zero-order valence-corrected chi connectivity index (χ0v) is 19.6. The van der Waals surface area contributed by atoms with Crippen molar-refractivity contribution in [3.05, 3.63) is 54.0 Å². The van der Waals surface area contributed by atoms with Gasteiger partial charge in [0.05, 0.1) is 25.9 Å². The third kappa shape index (κ3) is 4.99. The molecule has 0 saturated carbocycles. The zero-order valence-electron chi connectivity index (χ0n) is 19.6. The lowest BCUT2D eigenvalue weighted by molar-refractivity contribution is -0.117. The minimum absolute atomic E-state index is 0.104. The number of benzene rings is 2. The molecule has 34 heavy (non-hydrogen) atoms. The number of carbonyl (C=O) groups excluding carboxylic acids is 2. The van der Waals surface area contributed by atoms with Crippen LogP contribution < -0.4 is 15.0 Å². The number of piperazine rings is 1. The molecule has 1 unspecified atom stereocenters. The molecule has 1 aromatic heterocycles. The number of aromatic amines is 1. The van der Waals surface area contributed by atoms with Crippen LogP contribution in [0.1, 0.15) is 24.3 Å². The van der Waals surface area contributed by atoms with E-state index >= 15 is 0 Å². The lowest BCUT2D eigenvalue weighted by atomic mass is 10.1. The monoisotopic (exact) mass is 468 g/mol. The predicted octanol–water partition coefficient (Wildman–Crippen LogP) is 3.64. The molecule has 4 rings (SSSR count). The first-order valence-corrected chi connectivity index (χ1v) is 11.3. The van der Waals surface area contributed by atoms with Gasteiger partial charge in [0.25, 0.3) is 0 Å². The Bertz CT molecular complexity index is 1190. The Morgan fingerprint density at radius 1 is 1.21 bits per heavy atom. The van der Waals surface area contributed by atoms with Crippen molar-refractivity contribution in [1.29, 1.82) is 0 Å². The highest BCUT2D eigenvalue weighted by Crippen LogP contribution is 2.29. The Morgan fingerprint density at radius 2 is 2.03 bits per heavy atom. The number of amides is 1. The maximum absolute atomic E-state index is 13.9. The first-order chi connectivity index (χ1) is 16.4. The maximum Gasteiger partial charge on any atom is 0.356 e. The molecule has 2 heterocycles. The van der Waals surface area contributed by atoms with Gasteiger partial charge in [0, 0.05) is 48.3 Å². The van der Waals surface area contributed by atoms with Crippen molar-refractivity contribution < 1.29 is 23.5 Å². The van der Waals surface area contributed by atoms with Crippen LogP contribution in [0, 0.1) is 5.82 Å². The fourth-order valence-corrected chi connectivity index (χ4v) is 4.38. The van der Waals surface area contributed by atoms with Gasteiger partial charge in [-0.1, -0.05) is 6.07 Å². The molecule has 0 bridgehead atoms. The molecular weight excluding hydrogens is 439 g/mol. The van der Waals surface area contributed by atoms with Gasteiger partial charge in [0.1, 0.15) is 17.3 Å². The van der Waals surface area contributed by atoms with Crippen molar-refractivity contribution in [2.45, 2.75) is 19.9 Å². The van der Waals surface area contributed by atoms with Crippen LogP contribution >= 0.6 is 0 Å². The number of ether oxygens (including phenoxy) is 2. The summed E-state index contributed by atoms with van der Waals surface area (Å²) in [6.07, 6.45) is 0. The smallest absolute Gasteiger partial charge is 0.356 e. The molecule has 0 spiro atoms. The summed E-state index contributed by atoms with van der Waals surface area (Å²) >= 11 is 0. The first kappa shape index (κ1) is 23.6. The van der Waals surface area contributed by atoms with Crippen LogP contribution in [0.3, 0.4) is 0 Å². The van der Waals surface area contributed by atoms with Gasteiger partial charge in [0.15, 0.2) is 0 Å². The summed E-state index contributed by atoms with van der Waals surface area (Å²) in [5.41, 5.74) is 1.96. The van der Waals surface area contributed by atoms with Crippen molar-refractivity contribution >= 4 is 34.2 Å². The molecule has 8 nitrogen and oxygen atoms in total. The molecule has 1 aliphatic rings. The van der Waals surface area contributed by atoms with E-state index < -0.39 is 11.8 Å². The summed E-state index contributed by atoms with van der Waals surface area (Å²) < 4.78 is 24.3. The number of hydrogen-bond donors (Lipinski definition) is 2.